The summed E-state index contributed by atoms with van der Waals surface area (Å²) in [6, 6.07) is 4.38. The summed E-state index contributed by atoms with van der Waals surface area (Å²) in [6.07, 6.45) is 2.11. The van der Waals surface area contributed by atoms with Gasteiger partial charge in [0, 0.05) is 5.92 Å². The number of aromatic nitrogens is 3. The fourth-order valence-electron chi connectivity index (χ4n) is 1.69. The van der Waals surface area contributed by atoms with Crippen molar-refractivity contribution in [1.29, 1.82) is 0 Å². The quantitative estimate of drug-likeness (QED) is 0.908. The molecule has 0 bridgehead atoms. The van der Waals surface area contributed by atoms with Gasteiger partial charge in [0.05, 0.1) is 10.7 Å². The van der Waals surface area contributed by atoms with Crippen LogP contribution in [-0.4, -0.2) is 21.1 Å². The van der Waals surface area contributed by atoms with E-state index in [1.54, 1.807) is 6.07 Å². The molecule has 1 saturated carbocycles. The molecule has 0 aliphatic heterocycles. The molecule has 3 rings (SSSR count). The Morgan fingerprint density at radius 1 is 1.47 bits per heavy atom. The van der Waals surface area contributed by atoms with E-state index in [0.717, 1.165) is 12.8 Å². The molecule has 0 radical (unpaired) electrons. The number of rotatable bonds is 3. The average Bonchev–Trinajstić information content (AvgIpc) is 3.12. The van der Waals surface area contributed by atoms with Crippen LogP contribution in [0.3, 0.4) is 0 Å². The standard InChI is InChI=1S/C12H10ClFN4O/c13-7-2-1-3-8(9(7)14)15-12(19)11-16-10(17-18-11)6-4-5-6/h1-3,6H,4-5H2,(H,15,19)(H,16,17,18). The molecule has 1 aromatic carbocycles. The number of amides is 1. The second kappa shape index (κ2) is 4.62. The molecule has 1 amide bonds. The third-order valence-electron chi connectivity index (χ3n) is 2.87. The van der Waals surface area contributed by atoms with Gasteiger partial charge in [-0.3, -0.25) is 9.89 Å². The van der Waals surface area contributed by atoms with Gasteiger partial charge in [-0.2, -0.15) is 0 Å². The highest BCUT2D eigenvalue weighted by Crippen LogP contribution is 2.37. The van der Waals surface area contributed by atoms with Crippen LogP contribution in [-0.2, 0) is 0 Å². The zero-order valence-corrected chi connectivity index (χ0v) is 10.5. The number of H-pyrrole nitrogens is 1. The lowest BCUT2D eigenvalue weighted by Crippen LogP contribution is -2.15. The average molecular weight is 281 g/mol. The number of nitrogens with zero attached hydrogens (tertiary/aromatic N) is 2. The maximum Gasteiger partial charge on any atom is 0.295 e. The molecular weight excluding hydrogens is 271 g/mol. The van der Waals surface area contributed by atoms with E-state index < -0.39 is 11.7 Å². The molecule has 2 N–H and O–H groups in total. The van der Waals surface area contributed by atoms with Crippen LogP contribution in [0.15, 0.2) is 18.2 Å². The molecule has 98 valence electrons. The predicted molar refractivity (Wildman–Crippen MR) is 67.7 cm³/mol. The van der Waals surface area contributed by atoms with Gasteiger partial charge < -0.3 is 5.32 Å². The minimum Gasteiger partial charge on any atom is -0.317 e. The summed E-state index contributed by atoms with van der Waals surface area (Å²) in [7, 11) is 0. The number of hydrogen-bond donors (Lipinski definition) is 2. The van der Waals surface area contributed by atoms with Crippen molar-refractivity contribution in [2.24, 2.45) is 0 Å². The van der Waals surface area contributed by atoms with Crippen LogP contribution in [0.5, 0.6) is 0 Å². The monoisotopic (exact) mass is 280 g/mol. The molecule has 1 aliphatic carbocycles. The van der Waals surface area contributed by atoms with Gasteiger partial charge >= 0.3 is 0 Å². The zero-order chi connectivity index (χ0) is 13.4. The minimum absolute atomic E-state index is 0.00118. The van der Waals surface area contributed by atoms with Crippen molar-refractivity contribution in [1.82, 2.24) is 15.2 Å². The Hall–Kier alpha value is -1.95. The van der Waals surface area contributed by atoms with E-state index in [1.807, 2.05) is 0 Å². The second-order valence-electron chi connectivity index (χ2n) is 4.37. The summed E-state index contributed by atoms with van der Waals surface area (Å²) >= 11 is 5.63. The second-order valence-corrected chi connectivity index (χ2v) is 4.78. The van der Waals surface area contributed by atoms with Gasteiger partial charge in [0.25, 0.3) is 5.91 Å². The first kappa shape index (κ1) is 12.1. The summed E-state index contributed by atoms with van der Waals surface area (Å²) in [5.74, 6) is -0.158. The molecule has 0 atom stereocenters. The Labute approximate surface area is 113 Å². The normalized spacial score (nSPS) is 14.4. The van der Waals surface area contributed by atoms with E-state index in [2.05, 4.69) is 20.5 Å². The summed E-state index contributed by atoms with van der Waals surface area (Å²) in [5.41, 5.74) is 0.00951. The third-order valence-corrected chi connectivity index (χ3v) is 3.16. The van der Waals surface area contributed by atoms with Crippen LogP contribution >= 0.6 is 11.6 Å². The molecule has 0 spiro atoms. The van der Waals surface area contributed by atoms with E-state index in [0.29, 0.717) is 11.7 Å². The van der Waals surface area contributed by atoms with Gasteiger partial charge in [-0.1, -0.05) is 17.7 Å². The number of carbonyl (C=O) groups is 1. The Bertz CT molecular complexity index is 638. The van der Waals surface area contributed by atoms with Gasteiger partial charge in [-0.25, -0.2) is 9.37 Å². The minimum atomic E-state index is -0.671. The zero-order valence-electron chi connectivity index (χ0n) is 9.78. The maximum absolute atomic E-state index is 13.6. The molecule has 1 heterocycles. The van der Waals surface area contributed by atoms with Crippen molar-refractivity contribution < 1.29 is 9.18 Å². The third kappa shape index (κ3) is 2.44. The Morgan fingerprint density at radius 2 is 2.26 bits per heavy atom. The topological polar surface area (TPSA) is 70.7 Å². The highest BCUT2D eigenvalue weighted by atomic mass is 35.5. The van der Waals surface area contributed by atoms with Crippen molar-refractivity contribution >= 4 is 23.2 Å². The van der Waals surface area contributed by atoms with Crippen LogP contribution in [0.4, 0.5) is 10.1 Å². The van der Waals surface area contributed by atoms with Crippen LogP contribution in [0, 0.1) is 5.82 Å². The van der Waals surface area contributed by atoms with E-state index in [1.165, 1.54) is 12.1 Å². The van der Waals surface area contributed by atoms with Gasteiger partial charge in [0.1, 0.15) is 5.82 Å². The fraction of sp³-hybridized carbons (Fsp3) is 0.250. The first-order valence-electron chi connectivity index (χ1n) is 5.83. The van der Waals surface area contributed by atoms with Crippen molar-refractivity contribution in [2.45, 2.75) is 18.8 Å². The first-order chi connectivity index (χ1) is 9.15. The molecule has 1 aromatic heterocycles. The number of anilines is 1. The van der Waals surface area contributed by atoms with Crippen molar-refractivity contribution in [2.75, 3.05) is 5.32 Å². The van der Waals surface area contributed by atoms with Gasteiger partial charge in [-0.05, 0) is 25.0 Å². The molecule has 7 heteroatoms. The van der Waals surface area contributed by atoms with E-state index >= 15 is 0 Å². The molecule has 1 aliphatic rings. The summed E-state index contributed by atoms with van der Waals surface area (Å²) in [6.45, 7) is 0. The van der Waals surface area contributed by atoms with Crippen molar-refractivity contribution in [3.63, 3.8) is 0 Å². The number of carbonyl (C=O) groups excluding carboxylic acids is 1. The smallest absolute Gasteiger partial charge is 0.295 e. The van der Waals surface area contributed by atoms with Crippen LogP contribution in [0.25, 0.3) is 0 Å². The molecule has 0 unspecified atom stereocenters. The van der Waals surface area contributed by atoms with Gasteiger partial charge in [0.15, 0.2) is 5.82 Å². The Balaban J connectivity index is 1.78. The summed E-state index contributed by atoms with van der Waals surface area (Å²) in [5, 5.41) is 8.89. The van der Waals surface area contributed by atoms with Crippen molar-refractivity contribution in [3.05, 3.63) is 40.7 Å². The lowest BCUT2D eigenvalue weighted by Gasteiger charge is -2.04. The van der Waals surface area contributed by atoms with E-state index in [9.17, 15) is 9.18 Å². The SMILES string of the molecule is O=C(Nc1cccc(Cl)c1F)c1n[nH]c(C2CC2)n1. The maximum atomic E-state index is 13.6. The first-order valence-corrected chi connectivity index (χ1v) is 6.20. The molecule has 1 fully saturated rings. The lowest BCUT2D eigenvalue weighted by molar-refractivity contribution is 0.101. The molecule has 19 heavy (non-hydrogen) atoms. The largest absolute Gasteiger partial charge is 0.317 e. The predicted octanol–water partition coefficient (Wildman–Crippen LogP) is 2.73. The molecule has 0 saturated heterocycles. The Kier molecular flexibility index (Phi) is 2.94. The summed E-state index contributed by atoms with van der Waals surface area (Å²) in [4.78, 5) is 16.0. The van der Waals surface area contributed by atoms with Gasteiger partial charge in [-0.15, -0.1) is 5.10 Å². The summed E-state index contributed by atoms with van der Waals surface area (Å²) < 4.78 is 13.6. The van der Waals surface area contributed by atoms with Crippen molar-refractivity contribution in [3.8, 4) is 0 Å². The fourth-order valence-corrected chi connectivity index (χ4v) is 1.87. The number of aromatic amines is 1. The van der Waals surface area contributed by atoms with E-state index in [4.69, 9.17) is 11.6 Å². The molecule has 2 aromatic rings. The highest BCUT2D eigenvalue weighted by molar-refractivity contribution is 6.31. The van der Waals surface area contributed by atoms with Crippen LogP contribution in [0.1, 0.15) is 35.2 Å². The van der Waals surface area contributed by atoms with Gasteiger partial charge in [0.2, 0.25) is 5.82 Å². The highest BCUT2D eigenvalue weighted by Gasteiger charge is 2.28. The lowest BCUT2D eigenvalue weighted by atomic mass is 10.3. The molecule has 5 nitrogen and oxygen atoms in total. The number of nitrogens with one attached hydrogen (secondary N) is 2. The number of hydrogen-bond acceptors (Lipinski definition) is 3. The van der Waals surface area contributed by atoms with Crippen LogP contribution < -0.4 is 5.32 Å². The molecular formula is C12H10ClFN4O. The van der Waals surface area contributed by atoms with E-state index in [-0.39, 0.29) is 16.5 Å². The Morgan fingerprint density at radius 3 is 3.00 bits per heavy atom. The number of benzene rings is 1. The number of halogens is 2. The van der Waals surface area contributed by atoms with Crippen LogP contribution in [0.2, 0.25) is 5.02 Å².